The van der Waals surface area contributed by atoms with Gasteiger partial charge in [-0.3, -0.25) is 13.9 Å². The van der Waals surface area contributed by atoms with E-state index < -0.39 is 28.5 Å². The van der Waals surface area contributed by atoms with Gasteiger partial charge in [0, 0.05) is 12.6 Å². The van der Waals surface area contributed by atoms with Gasteiger partial charge >= 0.3 is 0 Å². The minimum absolute atomic E-state index is 0.0845. The third kappa shape index (κ3) is 7.32. The molecule has 0 aliphatic heterocycles. The average molecular weight is 474 g/mol. The highest BCUT2D eigenvalue weighted by molar-refractivity contribution is 7.92. The van der Waals surface area contributed by atoms with Crippen LogP contribution in [0.4, 0.5) is 5.69 Å². The van der Waals surface area contributed by atoms with Crippen LogP contribution >= 0.6 is 0 Å². The van der Waals surface area contributed by atoms with E-state index >= 15 is 0 Å². The molecule has 2 aromatic rings. The molecule has 0 heterocycles. The Morgan fingerprint density at radius 3 is 2.06 bits per heavy atom. The summed E-state index contributed by atoms with van der Waals surface area (Å²) in [6.45, 7) is 10.8. The van der Waals surface area contributed by atoms with Crippen LogP contribution in [0.5, 0.6) is 0 Å². The molecule has 0 spiro atoms. The topological polar surface area (TPSA) is 86.8 Å². The molecule has 0 saturated carbocycles. The van der Waals surface area contributed by atoms with Gasteiger partial charge in [-0.05, 0) is 64.3 Å². The van der Waals surface area contributed by atoms with Crippen molar-refractivity contribution in [2.24, 2.45) is 0 Å². The third-order valence-corrected chi connectivity index (χ3v) is 6.51. The van der Waals surface area contributed by atoms with Gasteiger partial charge in [-0.25, -0.2) is 8.42 Å². The highest BCUT2D eigenvalue weighted by Gasteiger charge is 2.30. The molecule has 2 aromatic carbocycles. The Morgan fingerprint density at radius 2 is 1.52 bits per heavy atom. The van der Waals surface area contributed by atoms with Gasteiger partial charge in [0.2, 0.25) is 21.8 Å². The van der Waals surface area contributed by atoms with Crippen molar-refractivity contribution in [3.8, 4) is 0 Å². The number of benzene rings is 2. The normalized spacial score (nSPS) is 12.4. The second-order valence-corrected chi connectivity index (χ2v) is 10.8. The van der Waals surface area contributed by atoms with Crippen molar-refractivity contribution < 1.29 is 18.0 Å². The van der Waals surface area contributed by atoms with Crippen molar-refractivity contribution in [3.05, 3.63) is 64.7 Å². The lowest BCUT2D eigenvalue weighted by Crippen LogP contribution is -2.52. The number of amides is 2. The van der Waals surface area contributed by atoms with Crippen molar-refractivity contribution in [1.82, 2.24) is 10.2 Å². The summed E-state index contributed by atoms with van der Waals surface area (Å²) >= 11 is 0. The maximum Gasteiger partial charge on any atom is 0.244 e. The zero-order valence-corrected chi connectivity index (χ0v) is 21.4. The molecule has 0 unspecified atom stereocenters. The zero-order chi connectivity index (χ0) is 24.9. The minimum Gasteiger partial charge on any atom is -0.352 e. The number of rotatable bonds is 9. The summed E-state index contributed by atoms with van der Waals surface area (Å²) < 4.78 is 26.5. The summed E-state index contributed by atoms with van der Waals surface area (Å²) in [5.74, 6) is -0.739. The van der Waals surface area contributed by atoms with Crippen LogP contribution in [0.3, 0.4) is 0 Å². The predicted molar refractivity (Wildman–Crippen MR) is 133 cm³/mol. The monoisotopic (exact) mass is 473 g/mol. The van der Waals surface area contributed by atoms with Gasteiger partial charge in [0.15, 0.2) is 0 Å². The Kier molecular flexibility index (Phi) is 8.66. The van der Waals surface area contributed by atoms with Gasteiger partial charge in [0.1, 0.15) is 12.6 Å². The lowest BCUT2D eigenvalue weighted by molar-refractivity contribution is -0.139. The Hall–Kier alpha value is -2.87. The van der Waals surface area contributed by atoms with Crippen LogP contribution in [0, 0.1) is 20.8 Å². The zero-order valence-electron chi connectivity index (χ0n) is 20.5. The number of hydrogen-bond donors (Lipinski definition) is 1. The molecule has 1 atom stereocenters. The summed E-state index contributed by atoms with van der Waals surface area (Å²) in [5, 5.41) is 2.84. The Bertz CT molecular complexity index is 1100. The molecule has 0 aliphatic rings. The molecule has 33 heavy (non-hydrogen) atoms. The number of anilines is 1. The Morgan fingerprint density at radius 1 is 0.939 bits per heavy atom. The SMILES string of the molecule is Cc1ccc(CN(C(=O)CN(c2cc(C)ccc2C)S(C)(=O)=O)[C@@H](C)C(=O)NC(C)C)cc1. The number of carbonyl (C=O) groups excluding carboxylic acids is 2. The van der Waals surface area contributed by atoms with E-state index in [9.17, 15) is 18.0 Å². The van der Waals surface area contributed by atoms with E-state index in [0.29, 0.717) is 5.69 Å². The number of nitrogens with zero attached hydrogens (tertiary/aromatic N) is 2. The second-order valence-electron chi connectivity index (χ2n) is 8.91. The molecule has 2 amide bonds. The van der Waals surface area contributed by atoms with Crippen LogP contribution in [-0.2, 0) is 26.2 Å². The van der Waals surface area contributed by atoms with Crippen LogP contribution < -0.4 is 9.62 Å². The summed E-state index contributed by atoms with van der Waals surface area (Å²) in [5.41, 5.74) is 4.03. The number of sulfonamides is 1. The molecule has 0 radical (unpaired) electrons. The van der Waals surface area contributed by atoms with Gasteiger partial charge in [-0.1, -0.05) is 42.0 Å². The van der Waals surface area contributed by atoms with Gasteiger partial charge in [0.05, 0.1) is 11.9 Å². The molecular formula is C25H35N3O4S. The van der Waals surface area contributed by atoms with E-state index in [0.717, 1.165) is 32.8 Å². The van der Waals surface area contributed by atoms with Gasteiger partial charge < -0.3 is 10.2 Å². The molecular weight excluding hydrogens is 438 g/mol. The lowest BCUT2D eigenvalue weighted by atomic mass is 10.1. The fourth-order valence-electron chi connectivity index (χ4n) is 3.46. The molecule has 2 rings (SSSR count). The van der Waals surface area contributed by atoms with E-state index in [2.05, 4.69) is 5.32 Å². The quantitative estimate of drug-likeness (QED) is 0.605. The maximum atomic E-state index is 13.5. The van der Waals surface area contributed by atoms with Crippen molar-refractivity contribution >= 4 is 27.5 Å². The van der Waals surface area contributed by atoms with Crippen molar-refractivity contribution in [3.63, 3.8) is 0 Å². The first-order chi connectivity index (χ1) is 15.3. The largest absolute Gasteiger partial charge is 0.352 e. The molecule has 0 bridgehead atoms. The smallest absolute Gasteiger partial charge is 0.244 e. The Labute approximate surface area is 197 Å². The highest BCUT2D eigenvalue weighted by atomic mass is 32.2. The highest BCUT2D eigenvalue weighted by Crippen LogP contribution is 2.24. The first-order valence-corrected chi connectivity index (χ1v) is 12.8. The summed E-state index contributed by atoms with van der Waals surface area (Å²) in [7, 11) is -3.74. The number of hydrogen-bond acceptors (Lipinski definition) is 4. The molecule has 0 aromatic heterocycles. The molecule has 0 saturated heterocycles. The predicted octanol–water partition coefficient (Wildman–Crippen LogP) is 3.32. The summed E-state index contributed by atoms with van der Waals surface area (Å²) in [6, 6.07) is 12.3. The molecule has 180 valence electrons. The molecule has 1 N–H and O–H groups in total. The first-order valence-electron chi connectivity index (χ1n) is 11.0. The summed E-state index contributed by atoms with van der Waals surface area (Å²) in [6.07, 6.45) is 1.08. The van der Waals surface area contributed by atoms with E-state index in [4.69, 9.17) is 0 Å². The van der Waals surface area contributed by atoms with E-state index in [1.54, 1.807) is 19.9 Å². The van der Waals surface area contributed by atoms with Gasteiger partial charge in [0.25, 0.3) is 0 Å². The standard InChI is InChI=1S/C25H35N3O4S/c1-17(2)26-25(30)21(6)27(15-22-12-9-18(3)10-13-22)24(29)16-28(33(7,31)32)23-14-19(4)8-11-20(23)5/h8-14,17,21H,15-16H2,1-7H3,(H,26,30)/t21-/m0/s1. The van der Waals surface area contributed by atoms with Gasteiger partial charge in [-0.2, -0.15) is 0 Å². The van der Waals surface area contributed by atoms with Crippen molar-refractivity contribution in [2.45, 2.75) is 60.2 Å². The molecule has 7 nitrogen and oxygen atoms in total. The number of nitrogens with one attached hydrogen (secondary N) is 1. The minimum atomic E-state index is -3.74. The van der Waals surface area contributed by atoms with Crippen molar-refractivity contribution in [2.75, 3.05) is 17.1 Å². The van der Waals surface area contributed by atoms with E-state index in [1.807, 2.05) is 64.1 Å². The van der Waals surface area contributed by atoms with Crippen LogP contribution in [-0.4, -0.2) is 50.0 Å². The lowest BCUT2D eigenvalue weighted by Gasteiger charge is -2.32. The van der Waals surface area contributed by atoms with Crippen LogP contribution in [0.1, 0.15) is 43.0 Å². The molecule has 0 aliphatic carbocycles. The van der Waals surface area contributed by atoms with Crippen LogP contribution in [0.25, 0.3) is 0 Å². The Balaban J connectivity index is 2.42. The van der Waals surface area contributed by atoms with Crippen LogP contribution in [0.15, 0.2) is 42.5 Å². The molecule has 0 fully saturated rings. The first kappa shape index (κ1) is 26.4. The average Bonchev–Trinajstić information content (AvgIpc) is 2.71. The fourth-order valence-corrected chi connectivity index (χ4v) is 4.36. The fraction of sp³-hybridized carbons (Fsp3) is 0.440. The van der Waals surface area contributed by atoms with Gasteiger partial charge in [-0.15, -0.1) is 0 Å². The number of carbonyl (C=O) groups is 2. The third-order valence-electron chi connectivity index (χ3n) is 5.38. The van der Waals surface area contributed by atoms with E-state index in [-0.39, 0.29) is 18.5 Å². The van der Waals surface area contributed by atoms with Crippen molar-refractivity contribution in [1.29, 1.82) is 0 Å². The second kappa shape index (κ2) is 10.8. The maximum absolute atomic E-state index is 13.5. The summed E-state index contributed by atoms with van der Waals surface area (Å²) in [4.78, 5) is 27.7. The van der Waals surface area contributed by atoms with E-state index in [1.165, 1.54) is 4.90 Å². The molecule has 8 heteroatoms. The van der Waals surface area contributed by atoms with Crippen LogP contribution in [0.2, 0.25) is 0 Å². The number of aryl methyl sites for hydroxylation is 3.